The second-order valence-corrected chi connectivity index (χ2v) is 6.09. The van der Waals surface area contributed by atoms with E-state index < -0.39 is 0 Å². The van der Waals surface area contributed by atoms with Crippen LogP contribution in [0, 0.1) is 17.8 Å². The summed E-state index contributed by atoms with van der Waals surface area (Å²) in [5.41, 5.74) is 7.48. The van der Waals surface area contributed by atoms with Crippen molar-refractivity contribution in [1.82, 2.24) is 0 Å². The Hall–Kier alpha value is -0.530. The van der Waals surface area contributed by atoms with Crippen LogP contribution in [0.15, 0.2) is 24.3 Å². The van der Waals surface area contributed by atoms with Gasteiger partial charge in [0.05, 0.1) is 0 Å². The fraction of sp³-hybridized carbons (Fsp3) is 0.600. The van der Waals surface area contributed by atoms with E-state index in [0.717, 1.165) is 23.4 Å². The summed E-state index contributed by atoms with van der Waals surface area (Å²) in [4.78, 5) is 0. The highest BCUT2D eigenvalue weighted by Gasteiger charge is 2.43. The molecule has 0 unspecified atom stereocenters. The van der Waals surface area contributed by atoms with E-state index in [2.05, 4.69) is 12.1 Å². The molecule has 3 saturated carbocycles. The molecule has 1 aromatic rings. The lowest BCUT2D eigenvalue weighted by molar-refractivity contribution is 0.0731. The SMILES string of the molecule is NC[C@@H]1C2CCC(CC2)[C@@H]1c1ccc(Cl)cc1. The molecular formula is C15H20ClN. The van der Waals surface area contributed by atoms with Gasteiger partial charge in [0.25, 0.3) is 0 Å². The largest absolute Gasteiger partial charge is 0.330 e. The quantitative estimate of drug-likeness (QED) is 0.847. The molecule has 0 amide bonds. The summed E-state index contributed by atoms with van der Waals surface area (Å²) in [7, 11) is 0. The second kappa shape index (κ2) is 4.62. The molecule has 92 valence electrons. The van der Waals surface area contributed by atoms with Gasteiger partial charge in [0.2, 0.25) is 0 Å². The molecule has 1 aromatic carbocycles. The summed E-state index contributed by atoms with van der Waals surface area (Å²) in [5, 5.41) is 0.832. The summed E-state index contributed by atoms with van der Waals surface area (Å²) in [6, 6.07) is 8.45. The summed E-state index contributed by atoms with van der Waals surface area (Å²) in [5.74, 6) is 3.11. The smallest absolute Gasteiger partial charge is 0.0406 e. The zero-order valence-corrected chi connectivity index (χ0v) is 10.9. The molecular weight excluding hydrogens is 230 g/mol. The maximum atomic E-state index is 6.02. The Bertz CT molecular complexity index is 378. The van der Waals surface area contributed by atoms with Crippen LogP contribution < -0.4 is 5.73 Å². The van der Waals surface area contributed by atoms with Crippen molar-refractivity contribution in [3.8, 4) is 0 Å². The molecule has 2 N–H and O–H groups in total. The molecule has 0 heterocycles. The first-order valence-electron chi connectivity index (χ1n) is 6.75. The minimum atomic E-state index is 0.685. The van der Waals surface area contributed by atoms with Crippen molar-refractivity contribution in [3.05, 3.63) is 34.9 Å². The molecule has 4 rings (SSSR count). The molecule has 3 aliphatic carbocycles. The van der Waals surface area contributed by atoms with E-state index in [-0.39, 0.29) is 0 Å². The van der Waals surface area contributed by atoms with Crippen molar-refractivity contribution in [3.63, 3.8) is 0 Å². The zero-order chi connectivity index (χ0) is 11.8. The molecule has 0 radical (unpaired) electrons. The molecule has 2 heteroatoms. The van der Waals surface area contributed by atoms with Gasteiger partial charge in [0.1, 0.15) is 0 Å². The van der Waals surface area contributed by atoms with Crippen LogP contribution >= 0.6 is 11.6 Å². The number of benzene rings is 1. The predicted molar refractivity (Wildman–Crippen MR) is 72.2 cm³/mol. The van der Waals surface area contributed by atoms with E-state index in [1.165, 1.54) is 31.2 Å². The molecule has 0 aliphatic heterocycles. The first kappa shape index (κ1) is 11.6. The van der Waals surface area contributed by atoms with Crippen LogP contribution in [-0.4, -0.2) is 6.54 Å². The first-order chi connectivity index (χ1) is 8.29. The molecule has 0 saturated heterocycles. The minimum Gasteiger partial charge on any atom is -0.330 e. The number of rotatable bonds is 2. The second-order valence-electron chi connectivity index (χ2n) is 5.65. The summed E-state index contributed by atoms with van der Waals surface area (Å²) < 4.78 is 0. The maximum Gasteiger partial charge on any atom is 0.0406 e. The van der Waals surface area contributed by atoms with Crippen molar-refractivity contribution in [2.45, 2.75) is 31.6 Å². The van der Waals surface area contributed by atoms with Gasteiger partial charge < -0.3 is 5.73 Å². The molecule has 2 atom stereocenters. The third-order valence-corrected chi connectivity index (χ3v) is 5.17. The van der Waals surface area contributed by atoms with Crippen LogP contribution in [0.3, 0.4) is 0 Å². The van der Waals surface area contributed by atoms with Gasteiger partial charge in [0.15, 0.2) is 0 Å². The van der Waals surface area contributed by atoms with Crippen LogP contribution in [0.25, 0.3) is 0 Å². The van der Waals surface area contributed by atoms with E-state index in [1.54, 1.807) is 0 Å². The highest BCUT2D eigenvalue weighted by molar-refractivity contribution is 6.30. The molecule has 0 spiro atoms. The summed E-state index contributed by atoms with van der Waals surface area (Å²) in [6.07, 6.45) is 5.59. The molecule has 3 fully saturated rings. The van der Waals surface area contributed by atoms with Gasteiger partial charge in [-0.3, -0.25) is 0 Å². The Morgan fingerprint density at radius 2 is 1.59 bits per heavy atom. The third kappa shape index (κ3) is 2.00. The molecule has 17 heavy (non-hydrogen) atoms. The van der Waals surface area contributed by atoms with E-state index in [9.17, 15) is 0 Å². The summed E-state index contributed by atoms with van der Waals surface area (Å²) in [6.45, 7) is 0.842. The molecule has 3 aliphatic rings. The lowest BCUT2D eigenvalue weighted by Crippen LogP contribution is -2.42. The Morgan fingerprint density at radius 3 is 2.18 bits per heavy atom. The van der Waals surface area contributed by atoms with Gasteiger partial charge in [-0.2, -0.15) is 0 Å². The standard InChI is InChI=1S/C15H20ClN/c16-13-7-5-12(6-8-13)15-11-3-1-10(2-4-11)14(15)9-17/h5-8,10-11,14-15H,1-4,9,17H2/t10?,11?,14-,15-/m1/s1. The van der Waals surface area contributed by atoms with E-state index >= 15 is 0 Å². The predicted octanol–water partition coefficient (Wildman–Crippen LogP) is 3.82. The Kier molecular flexibility index (Phi) is 3.14. The van der Waals surface area contributed by atoms with E-state index in [4.69, 9.17) is 17.3 Å². The van der Waals surface area contributed by atoms with Crippen LogP contribution in [0.4, 0.5) is 0 Å². The lowest BCUT2D eigenvalue weighted by Gasteiger charge is -2.48. The van der Waals surface area contributed by atoms with Crippen molar-refractivity contribution in [2.75, 3.05) is 6.54 Å². The fourth-order valence-electron chi connectivity index (χ4n) is 4.12. The van der Waals surface area contributed by atoms with Gasteiger partial charge in [-0.25, -0.2) is 0 Å². The molecule has 1 nitrogen and oxygen atoms in total. The monoisotopic (exact) mass is 249 g/mol. The van der Waals surface area contributed by atoms with Crippen molar-refractivity contribution < 1.29 is 0 Å². The van der Waals surface area contributed by atoms with E-state index in [0.29, 0.717) is 11.8 Å². The number of hydrogen-bond acceptors (Lipinski definition) is 1. The number of hydrogen-bond donors (Lipinski definition) is 1. The van der Waals surface area contributed by atoms with Gasteiger partial charge in [-0.15, -0.1) is 0 Å². The lowest BCUT2D eigenvalue weighted by atomic mass is 9.57. The Morgan fingerprint density at radius 1 is 1.00 bits per heavy atom. The van der Waals surface area contributed by atoms with Crippen LogP contribution in [-0.2, 0) is 0 Å². The highest BCUT2D eigenvalue weighted by atomic mass is 35.5. The van der Waals surface area contributed by atoms with Crippen molar-refractivity contribution in [1.29, 1.82) is 0 Å². The normalized spacial score (nSPS) is 36.1. The Balaban J connectivity index is 1.92. The zero-order valence-electron chi connectivity index (χ0n) is 10.1. The van der Waals surface area contributed by atoms with Gasteiger partial charge in [-0.1, -0.05) is 23.7 Å². The van der Waals surface area contributed by atoms with E-state index in [1.807, 2.05) is 12.1 Å². The van der Waals surface area contributed by atoms with Crippen LogP contribution in [0.2, 0.25) is 5.02 Å². The molecule has 2 bridgehead atoms. The molecule has 0 aromatic heterocycles. The van der Waals surface area contributed by atoms with Crippen LogP contribution in [0.1, 0.15) is 37.2 Å². The summed E-state index contributed by atoms with van der Waals surface area (Å²) >= 11 is 5.98. The average Bonchev–Trinajstić information content (AvgIpc) is 2.40. The maximum absolute atomic E-state index is 6.02. The topological polar surface area (TPSA) is 26.0 Å². The van der Waals surface area contributed by atoms with Gasteiger partial charge >= 0.3 is 0 Å². The van der Waals surface area contributed by atoms with Gasteiger partial charge in [0, 0.05) is 5.02 Å². The third-order valence-electron chi connectivity index (χ3n) is 4.92. The van der Waals surface area contributed by atoms with Crippen molar-refractivity contribution in [2.24, 2.45) is 23.5 Å². The average molecular weight is 250 g/mol. The highest BCUT2D eigenvalue weighted by Crippen LogP contribution is 2.52. The number of nitrogens with two attached hydrogens (primary N) is 1. The number of fused-ring (bicyclic) bond motifs is 3. The number of halogens is 1. The Labute approximate surface area is 108 Å². The first-order valence-corrected chi connectivity index (χ1v) is 7.13. The fourth-order valence-corrected chi connectivity index (χ4v) is 4.24. The van der Waals surface area contributed by atoms with Crippen LogP contribution in [0.5, 0.6) is 0 Å². The van der Waals surface area contributed by atoms with Crippen molar-refractivity contribution >= 4 is 11.6 Å². The van der Waals surface area contributed by atoms with Gasteiger partial charge in [-0.05, 0) is 73.6 Å². The minimum absolute atomic E-state index is 0.685.